The lowest BCUT2D eigenvalue weighted by Gasteiger charge is -2.21. The molecule has 1 aromatic carbocycles. The molecule has 1 aromatic rings. The summed E-state index contributed by atoms with van der Waals surface area (Å²) in [5, 5.41) is 3.12. The first-order chi connectivity index (χ1) is 8.51. The first-order valence-electron chi connectivity index (χ1n) is 6.12. The first kappa shape index (κ1) is 14.6. The number of rotatable bonds is 6. The molecule has 1 unspecified atom stereocenters. The van der Waals surface area contributed by atoms with Gasteiger partial charge in [0.2, 0.25) is 0 Å². The lowest BCUT2D eigenvalue weighted by Crippen LogP contribution is -2.41. The lowest BCUT2D eigenvalue weighted by molar-refractivity contribution is 0.0914. The number of Topliss-reactive ketones (excluding diaryl/α,β-unsaturated/α-hetero) is 1. The number of hydrogen-bond acceptors (Lipinski definition) is 3. The monoisotopic (exact) mass is 253 g/mol. The van der Waals surface area contributed by atoms with Crippen molar-refractivity contribution in [3.63, 3.8) is 0 Å². The van der Waals surface area contributed by atoms with E-state index in [1.165, 1.54) is 25.3 Å². The highest BCUT2D eigenvalue weighted by Gasteiger charge is 2.25. The number of carbonyl (C=O) groups is 1. The number of carbonyl (C=O) groups excluding carboxylic acids is 1. The summed E-state index contributed by atoms with van der Waals surface area (Å²) in [4.78, 5) is 12.4. The molecule has 1 atom stereocenters. The van der Waals surface area contributed by atoms with Gasteiger partial charge in [0.1, 0.15) is 11.6 Å². The maximum Gasteiger partial charge on any atom is 0.183 e. The summed E-state index contributed by atoms with van der Waals surface area (Å²) in [5.41, 5.74) is 0.289. The predicted octanol–water partition coefficient (Wildman–Crippen LogP) is 2.65. The Kier molecular flexibility index (Phi) is 5.28. The average Bonchev–Trinajstić information content (AvgIpc) is 2.34. The second kappa shape index (κ2) is 6.50. The smallest absolute Gasteiger partial charge is 0.183 e. The molecule has 0 aromatic heterocycles. The normalized spacial score (nSPS) is 12.6. The number of benzene rings is 1. The van der Waals surface area contributed by atoms with Gasteiger partial charge in [0, 0.05) is 0 Å². The molecule has 100 valence electrons. The van der Waals surface area contributed by atoms with E-state index < -0.39 is 5.82 Å². The van der Waals surface area contributed by atoms with Crippen molar-refractivity contribution in [1.82, 2.24) is 5.32 Å². The van der Waals surface area contributed by atoms with Crippen molar-refractivity contribution in [2.24, 2.45) is 5.92 Å². The van der Waals surface area contributed by atoms with Gasteiger partial charge >= 0.3 is 0 Å². The van der Waals surface area contributed by atoms with Crippen LogP contribution in [0.1, 0.15) is 31.1 Å². The van der Waals surface area contributed by atoms with Crippen molar-refractivity contribution in [1.29, 1.82) is 0 Å². The van der Waals surface area contributed by atoms with Crippen LogP contribution in [0.4, 0.5) is 4.39 Å². The second-order valence-electron chi connectivity index (χ2n) is 4.49. The Bertz CT molecular complexity index is 418. The van der Waals surface area contributed by atoms with Gasteiger partial charge in [0.05, 0.1) is 18.7 Å². The van der Waals surface area contributed by atoms with E-state index >= 15 is 0 Å². The number of hydrogen-bond donors (Lipinski definition) is 1. The maximum atomic E-state index is 13.3. The van der Waals surface area contributed by atoms with Gasteiger partial charge in [-0.3, -0.25) is 4.79 Å². The van der Waals surface area contributed by atoms with Crippen LogP contribution in [-0.4, -0.2) is 25.5 Å². The molecule has 1 rings (SSSR count). The third kappa shape index (κ3) is 3.29. The third-order valence-corrected chi connectivity index (χ3v) is 2.80. The predicted molar refractivity (Wildman–Crippen MR) is 69.6 cm³/mol. The molecule has 0 spiro atoms. The molecule has 0 aliphatic rings. The van der Waals surface area contributed by atoms with Gasteiger partial charge in [-0.25, -0.2) is 4.39 Å². The molecule has 4 heteroatoms. The lowest BCUT2D eigenvalue weighted by atomic mass is 9.94. The van der Waals surface area contributed by atoms with E-state index in [-0.39, 0.29) is 23.3 Å². The van der Waals surface area contributed by atoms with Crippen LogP contribution >= 0.6 is 0 Å². The standard InChI is InChI=1S/C14H20FNO2/c1-5-16-13(9(2)3)14(17)11-8-10(15)6-7-12(11)18-4/h6-9,13,16H,5H2,1-4H3. The fraction of sp³-hybridized carbons (Fsp3) is 0.500. The van der Waals surface area contributed by atoms with E-state index in [0.717, 1.165) is 0 Å². The number of nitrogens with one attached hydrogen (secondary N) is 1. The molecular weight excluding hydrogens is 233 g/mol. The zero-order valence-electron chi connectivity index (χ0n) is 11.3. The van der Waals surface area contributed by atoms with Gasteiger partial charge in [-0.05, 0) is 30.7 Å². The molecule has 1 N–H and O–H groups in total. The molecule has 0 fully saturated rings. The van der Waals surface area contributed by atoms with Crippen LogP contribution in [0, 0.1) is 11.7 Å². The van der Waals surface area contributed by atoms with Crippen molar-refractivity contribution in [3.05, 3.63) is 29.6 Å². The number of halogens is 1. The van der Waals surface area contributed by atoms with Gasteiger partial charge in [-0.2, -0.15) is 0 Å². The molecule has 0 aliphatic carbocycles. The summed E-state index contributed by atoms with van der Waals surface area (Å²) < 4.78 is 18.4. The molecule has 0 heterocycles. The number of ether oxygens (including phenoxy) is 1. The minimum absolute atomic E-state index is 0.130. The van der Waals surface area contributed by atoms with Gasteiger partial charge in [0.25, 0.3) is 0 Å². The molecule has 0 saturated carbocycles. The summed E-state index contributed by atoms with van der Waals surface area (Å²) in [6.45, 7) is 6.53. The number of ketones is 1. The highest BCUT2D eigenvalue weighted by atomic mass is 19.1. The Morgan fingerprint density at radius 2 is 2.11 bits per heavy atom. The Morgan fingerprint density at radius 1 is 1.44 bits per heavy atom. The van der Waals surface area contributed by atoms with Crippen LogP contribution in [0.3, 0.4) is 0 Å². The van der Waals surface area contributed by atoms with Crippen molar-refractivity contribution >= 4 is 5.78 Å². The zero-order valence-corrected chi connectivity index (χ0v) is 11.3. The number of methoxy groups -OCH3 is 1. The Morgan fingerprint density at radius 3 is 2.61 bits per heavy atom. The van der Waals surface area contributed by atoms with E-state index in [0.29, 0.717) is 12.3 Å². The first-order valence-corrected chi connectivity index (χ1v) is 6.12. The SMILES string of the molecule is CCNC(C(=O)c1cc(F)ccc1OC)C(C)C. The molecule has 0 radical (unpaired) electrons. The van der Waals surface area contributed by atoms with E-state index in [1.54, 1.807) is 0 Å². The Labute approximate surface area is 107 Å². The van der Waals surface area contributed by atoms with Crippen LogP contribution in [0.25, 0.3) is 0 Å². The van der Waals surface area contributed by atoms with E-state index in [2.05, 4.69) is 5.32 Å². The van der Waals surface area contributed by atoms with Gasteiger partial charge < -0.3 is 10.1 Å². The largest absolute Gasteiger partial charge is 0.496 e. The third-order valence-electron chi connectivity index (χ3n) is 2.80. The Hall–Kier alpha value is -1.42. The van der Waals surface area contributed by atoms with Crippen LogP contribution in [-0.2, 0) is 0 Å². The van der Waals surface area contributed by atoms with Crippen LogP contribution < -0.4 is 10.1 Å². The van der Waals surface area contributed by atoms with Gasteiger partial charge in [0.15, 0.2) is 5.78 Å². The average molecular weight is 253 g/mol. The van der Waals surface area contributed by atoms with E-state index in [1.807, 2.05) is 20.8 Å². The van der Waals surface area contributed by atoms with Crippen molar-refractivity contribution < 1.29 is 13.9 Å². The molecule has 0 aliphatic heterocycles. The summed E-state index contributed by atoms with van der Waals surface area (Å²) >= 11 is 0. The molecule has 0 saturated heterocycles. The van der Waals surface area contributed by atoms with Crippen LogP contribution in [0.15, 0.2) is 18.2 Å². The number of likely N-dealkylation sites (N-methyl/N-ethyl adjacent to an activating group) is 1. The quantitative estimate of drug-likeness (QED) is 0.792. The molecule has 0 bridgehead atoms. The fourth-order valence-electron chi connectivity index (χ4n) is 1.89. The van der Waals surface area contributed by atoms with Crippen LogP contribution in [0.5, 0.6) is 5.75 Å². The summed E-state index contributed by atoms with van der Waals surface area (Å²) in [5.74, 6) is -0.0308. The highest BCUT2D eigenvalue weighted by Crippen LogP contribution is 2.22. The highest BCUT2D eigenvalue weighted by molar-refractivity contribution is 6.02. The fourth-order valence-corrected chi connectivity index (χ4v) is 1.89. The minimum atomic E-state index is -0.432. The summed E-state index contributed by atoms with van der Waals surface area (Å²) in [7, 11) is 1.47. The van der Waals surface area contributed by atoms with Crippen LogP contribution in [0.2, 0.25) is 0 Å². The van der Waals surface area contributed by atoms with E-state index in [4.69, 9.17) is 4.74 Å². The Balaban J connectivity index is 3.11. The molecule has 18 heavy (non-hydrogen) atoms. The van der Waals surface area contributed by atoms with Crippen molar-refractivity contribution in [2.45, 2.75) is 26.8 Å². The minimum Gasteiger partial charge on any atom is -0.496 e. The molecule has 0 amide bonds. The summed E-state index contributed by atoms with van der Waals surface area (Å²) in [6, 6.07) is 3.67. The topological polar surface area (TPSA) is 38.3 Å². The molecular formula is C14H20FNO2. The van der Waals surface area contributed by atoms with Crippen molar-refractivity contribution in [2.75, 3.05) is 13.7 Å². The second-order valence-corrected chi connectivity index (χ2v) is 4.49. The van der Waals surface area contributed by atoms with Crippen molar-refractivity contribution in [3.8, 4) is 5.75 Å². The van der Waals surface area contributed by atoms with E-state index in [9.17, 15) is 9.18 Å². The molecule has 3 nitrogen and oxygen atoms in total. The van der Waals surface area contributed by atoms with Gasteiger partial charge in [-0.1, -0.05) is 20.8 Å². The summed E-state index contributed by atoms with van der Waals surface area (Å²) in [6.07, 6.45) is 0. The zero-order chi connectivity index (χ0) is 13.7. The van der Waals surface area contributed by atoms with Gasteiger partial charge in [-0.15, -0.1) is 0 Å². The maximum absolute atomic E-state index is 13.3.